The van der Waals surface area contributed by atoms with E-state index in [4.69, 9.17) is 5.73 Å². The monoisotopic (exact) mass is 252 g/mol. The second-order valence-electron chi connectivity index (χ2n) is 5.20. The van der Waals surface area contributed by atoms with Crippen LogP contribution in [0, 0.1) is 0 Å². The number of anilines is 1. The molecule has 0 unspecified atom stereocenters. The lowest BCUT2D eigenvalue weighted by Gasteiger charge is -2.29. The largest absolute Gasteiger partial charge is 0.398 e. The van der Waals surface area contributed by atoms with Gasteiger partial charge in [0.1, 0.15) is 0 Å². The molecule has 1 heterocycles. The number of fused-ring (bicyclic) bond motifs is 2. The second kappa shape index (κ2) is 5.06. The number of nitrogens with two attached hydrogens (primary N) is 1. The molecule has 0 radical (unpaired) electrons. The number of nitrogens with zero attached hydrogens (tertiary/aromatic N) is 1. The molecule has 2 nitrogen and oxygen atoms in total. The Morgan fingerprint density at radius 2 is 2.16 bits per heavy atom. The molecule has 0 spiro atoms. The number of rotatable bonds is 2. The van der Waals surface area contributed by atoms with Crippen LogP contribution in [0.25, 0.3) is 10.8 Å². The van der Waals surface area contributed by atoms with Crippen molar-refractivity contribution in [2.75, 3.05) is 18.8 Å². The molecule has 19 heavy (non-hydrogen) atoms. The van der Waals surface area contributed by atoms with Crippen LogP contribution in [0.1, 0.15) is 18.1 Å². The molecule has 0 saturated heterocycles. The molecule has 0 atom stereocenters. The predicted molar refractivity (Wildman–Crippen MR) is 82.2 cm³/mol. The molecule has 0 amide bonds. The third kappa shape index (κ3) is 2.24. The second-order valence-corrected chi connectivity index (χ2v) is 5.20. The fraction of sp³-hybridized carbons (Fsp3) is 0.294. The molecule has 2 aromatic carbocycles. The van der Waals surface area contributed by atoms with Crippen molar-refractivity contribution in [3.05, 3.63) is 53.6 Å². The van der Waals surface area contributed by atoms with Crippen LogP contribution in [-0.2, 0) is 13.0 Å². The molecule has 0 saturated carbocycles. The van der Waals surface area contributed by atoms with Crippen LogP contribution in [0.15, 0.2) is 42.5 Å². The first-order chi connectivity index (χ1) is 9.29. The Morgan fingerprint density at radius 3 is 3.00 bits per heavy atom. The smallest absolute Gasteiger partial charge is 0.0430 e. The van der Waals surface area contributed by atoms with Crippen molar-refractivity contribution < 1.29 is 0 Å². The quantitative estimate of drug-likeness (QED) is 0.656. The van der Waals surface area contributed by atoms with Gasteiger partial charge in [-0.3, -0.25) is 4.90 Å². The van der Waals surface area contributed by atoms with Crippen LogP contribution in [-0.4, -0.2) is 18.0 Å². The van der Waals surface area contributed by atoms with E-state index in [0.717, 1.165) is 31.7 Å². The normalized spacial score (nSPS) is 16.1. The SMILES string of the molecule is CC=CCN1CCc2c(cc3ccccc3c2N)C1. The third-order valence-corrected chi connectivity index (χ3v) is 3.96. The fourth-order valence-corrected chi connectivity index (χ4v) is 2.92. The van der Waals surface area contributed by atoms with Gasteiger partial charge in [0.2, 0.25) is 0 Å². The summed E-state index contributed by atoms with van der Waals surface area (Å²) in [7, 11) is 0. The molecule has 0 bridgehead atoms. The van der Waals surface area contributed by atoms with Crippen LogP contribution in [0.4, 0.5) is 5.69 Å². The van der Waals surface area contributed by atoms with E-state index in [0.29, 0.717) is 0 Å². The lowest BCUT2D eigenvalue weighted by molar-refractivity contribution is 0.282. The summed E-state index contributed by atoms with van der Waals surface area (Å²) in [6, 6.07) is 10.7. The van der Waals surface area contributed by atoms with Crippen LogP contribution in [0.5, 0.6) is 0 Å². The Bertz CT molecular complexity index is 628. The van der Waals surface area contributed by atoms with Gasteiger partial charge >= 0.3 is 0 Å². The molecular weight excluding hydrogens is 232 g/mol. The molecule has 2 aromatic rings. The van der Waals surface area contributed by atoms with Crippen molar-refractivity contribution >= 4 is 16.5 Å². The summed E-state index contributed by atoms with van der Waals surface area (Å²) >= 11 is 0. The molecule has 2 heteroatoms. The summed E-state index contributed by atoms with van der Waals surface area (Å²) in [4.78, 5) is 2.47. The zero-order valence-electron chi connectivity index (χ0n) is 11.4. The van der Waals surface area contributed by atoms with Crippen molar-refractivity contribution in [1.29, 1.82) is 0 Å². The van der Waals surface area contributed by atoms with E-state index < -0.39 is 0 Å². The molecule has 1 aliphatic heterocycles. The average molecular weight is 252 g/mol. The number of hydrogen-bond donors (Lipinski definition) is 1. The van der Waals surface area contributed by atoms with E-state index in [1.807, 2.05) is 0 Å². The first-order valence-corrected chi connectivity index (χ1v) is 6.92. The molecule has 3 rings (SSSR count). The van der Waals surface area contributed by atoms with Gasteiger partial charge in [-0.15, -0.1) is 0 Å². The maximum atomic E-state index is 6.35. The van der Waals surface area contributed by atoms with E-state index in [1.54, 1.807) is 0 Å². The molecule has 2 N–H and O–H groups in total. The average Bonchev–Trinajstić information content (AvgIpc) is 2.45. The zero-order chi connectivity index (χ0) is 13.2. The first kappa shape index (κ1) is 12.2. The van der Waals surface area contributed by atoms with Crippen molar-refractivity contribution in [2.24, 2.45) is 0 Å². The van der Waals surface area contributed by atoms with Crippen molar-refractivity contribution in [1.82, 2.24) is 4.90 Å². The van der Waals surface area contributed by atoms with Gasteiger partial charge in [0.15, 0.2) is 0 Å². The summed E-state index contributed by atoms with van der Waals surface area (Å²) < 4.78 is 0. The molecule has 98 valence electrons. The van der Waals surface area contributed by atoms with Crippen molar-refractivity contribution in [3.8, 4) is 0 Å². The van der Waals surface area contributed by atoms with Gasteiger partial charge in [-0.25, -0.2) is 0 Å². The van der Waals surface area contributed by atoms with E-state index in [-0.39, 0.29) is 0 Å². The summed E-state index contributed by atoms with van der Waals surface area (Å²) in [5.74, 6) is 0. The minimum Gasteiger partial charge on any atom is -0.398 e. The number of nitrogen functional groups attached to an aromatic ring is 1. The molecular formula is C17H20N2. The van der Waals surface area contributed by atoms with E-state index >= 15 is 0 Å². The van der Waals surface area contributed by atoms with Gasteiger partial charge in [0.25, 0.3) is 0 Å². The fourth-order valence-electron chi connectivity index (χ4n) is 2.92. The molecule has 1 aliphatic rings. The first-order valence-electron chi connectivity index (χ1n) is 6.92. The van der Waals surface area contributed by atoms with Gasteiger partial charge in [-0.2, -0.15) is 0 Å². The summed E-state index contributed by atoms with van der Waals surface area (Å²) in [5, 5.41) is 2.45. The maximum absolute atomic E-state index is 6.35. The maximum Gasteiger partial charge on any atom is 0.0430 e. The highest BCUT2D eigenvalue weighted by molar-refractivity contribution is 5.95. The van der Waals surface area contributed by atoms with Crippen molar-refractivity contribution in [3.63, 3.8) is 0 Å². The minimum atomic E-state index is 0.985. The van der Waals surface area contributed by atoms with Gasteiger partial charge in [0, 0.05) is 30.7 Å². The lowest BCUT2D eigenvalue weighted by Crippen LogP contribution is -2.31. The van der Waals surface area contributed by atoms with Crippen LogP contribution < -0.4 is 5.73 Å². The summed E-state index contributed by atoms with van der Waals surface area (Å²) in [5.41, 5.74) is 10.1. The molecule has 0 aromatic heterocycles. The topological polar surface area (TPSA) is 29.3 Å². The Balaban J connectivity index is 2.01. The Labute approximate surface area is 114 Å². The summed E-state index contributed by atoms with van der Waals surface area (Å²) in [6.07, 6.45) is 5.39. The van der Waals surface area contributed by atoms with Crippen LogP contribution in [0.3, 0.4) is 0 Å². The third-order valence-electron chi connectivity index (χ3n) is 3.96. The highest BCUT2D eigenvalue weighted by Crippen LogP contribution is 2.31. The number of hydrogen-bond acceptors (Lipinski definition) is 2. The summed E-state index contributed by atoms with van der Waals surface area (Å²) in [6.45, 7) is 5.21. The van der Waals surface area contributed by atoms with Gasteiger partial charge in [0.05, 0.1) is 0 Å². The Kier molecular flexibility index (Phi) is 3.26. The van der Waals surface area contributed by atoms with Crippen LogP contribution >= 0.6 is 0 Å². The van der Waals surface area contributed by atoms with E-state index in [2.05, 4.69) is 54.3 Å². The standard InChI is InChI=1S/C17H20N2/c1-2-3-9-19-10-8-16-14(12-19)11-13-6-4-5-7-15(13)17(16)18/h2-7,11H,8-10,12,18H2,1H3. The van der Waals surface area contributed by atoms with Gasteiger partial charge < -0.3 is 5.73 Å². The van der Waals surface area contributed by atoms with E-state index in [9.17, 15) is 0 Å². The highest BCUT2D eigenvalue weighted by atomic mass is 15.1. The number of benzene rings is 2. The highest BCUT2D eigenvalue weighted by Gasteiger charge is 2.18. The lowest BCUT2D eigenvalue weighted by atomic mass is 9.93. The molecule has 0 aliphatic carbocycles. The van der Waals surface area contributed by atoms with Crippen LogP contribution in [0.2, 0.25) is 0 Å². The molecule has 0 fully saturated rings. The van der Waals surface area contributed by atoms with E-state index in [1.165, 1.54) is 21.9 Å². The number of allylic oxidation sites excluding steroid dienone is 1. The minimum absolute atomic E-state index is 0.985. The Morgan fingerprint density at radius 1 is 1.32 bits per heavy atom. The van der Waals surface area contributed by atoms with Gasteiger partial charge in [-0.1, -0.05) is 36.4 Å². The Hall–Kier alpha value is -1.80. The zero-order valence-corrected chi connectivity index (χ0v) is 11.4. The van der Waals surface area contributed by atoms with Crippen molar-refractivity contribution in [2.45, 2.75) is 19.9 Å². The predicted octanol–water partition coefficient (Wildman–Crippen LogP) is 3.36. The van der Waals surface area contributed by atoms with Gasteiger partial charge in [-0.05, 0) is 35.9 Å².